The van der Waals surface area contributed by atoms with Crippen LogP contribution in [0.15, 0.2) is 48.5 Å². The Morgan fingerprint density at radius 3 is 2.71 bits per heavy atom. The van der Waals surface area contributed by atoms with Gasteiger partial charge < -0.3 is 15.2 Å². The van der Waals surface area contributed by atoms with E-state index in [0.717, 1.165) is 28.7 Å². The SMILES string of the molecule is CC=C(c1cc(Cl)ccc1OCC(=O)OCC)C(S)c1ccccc1CCN. The van der Waals surface area contributed by atoms with Gasteiger partial charge in [0, 0.05) is 10.6 Å². The summed E-state index contributed by atoms with van der Waals surface area (Å²) >= 11 is 11.1. The van der Waals surface area contributed by atoms with E-state index in [1.165, 1.54) is 0 Å². The van der Waals surface area contributed by atoms with Gasteiger partial charge in [-0.3, -0.25) is 0 Å². The van der Waals surface area contributed by atoms with E-state index < -0.39 is 5.97 Å². The number of thiol groups is 1. The minimum absolute atomic E-state index is 0.166. The monoisotopic (exact) mass is 419 g/mol. The molecule has 0 aliphatic heterocycles. The first kappa shape index (κ1) is 22.3. The zero-order chi connectivity index (χ0) is 20.5. The second-order valence-corrected chi connectivity index (χ2v) is 7.07. The molecule has 0 saturated heterocycles. The van der Waals surface area contributed by atoms with Gasteiger partial charge in [0.2, 0.25) is 0 Å². The lowest BCUT2D eigenvalue weighted by molar-refractivity contribution is -0.145. The Morgan fingerprint density at radius 1 is 1.29 bits per heavy atom. The van der Waals surface area contributed by atoms with Gasteiger partial charge in [0.05, 0.1) is 11.9 Å². The topological polar surface area (TPSA) is 61.5 Å². The van der Waals surface area contributed by atoms with Crippen LogP contribution in [0.1, 0.15) is 35.8 Å². The van der Waals surface area contributed by atoms with E-state index in [-0.39, 0.29) is 11.9 Å². The second kappa shape index (κ2) is 11.1. The Morgan fingerprint density at radius 2 is 2.04 bits per heavy atom. The third-order valence-corrected chi connectivity index (χ3v) is 5.06. The number of halogens is 1. The molecular weight excluding hydrogens is 394 g/mol. The molecular formula is C22H26ClNO3S. The summed E-state index contributed by atoms with van der Waals surface area (Å²) < 4.78 is 10.7. The largest absolute Gasteiger partial charge is 0.481 e. The zero-order valence-corrected chi connectivity index (χ0v) is 17.8. The smallest absolute Gasteiger partial charge is 0.344 e. The molecule has 0 amide bonds. The zero-order valence-electron chi connectivity index (χ0n) is 16.2. The van der Waals surface area contributed by atoms with E-state index in [2.05, 4.69) is 12.1 Å². The van der Waals surface area contributed by atoms with E-state index >= 15 is 0 Å². The molecule has 0 aromatic heterocycles. The van der Waals surface area contributed by atoms with Gasteiger partial charge in [-0.15, -0.1) is 0 Å². The Kier molecular flexibility index (Phi) is 8.90. The molecule has 2 aromatic rings. The maximum Gasteiger partial charge on any atom is 0.344 e. The van der Waals surface area contributed by atoms with Crippen LogP contribution >= 0.6 is 24.2 Å². The molecule has 6 heteroatoms. The molecule has 0 spiro atoms. The molecule has 0 fully saturated rings. The van der Waals surface area contributed by atoms with Crippen LogP contribution in [0.5, 0.6) is 5.75 Å². The number of benzene rings is 2. The minimum atomic E-state index is -0.416. The van der Waals surface area contributed by atoms with Crippen molar-refractivity contribution in [1.82, 2.24) is 0 Å². The van der Waals surface area contributed by atoms with Crippen LogP contribution in [0.2, 0.25) is 5.02 Å². The Bertz CT molecular complexity index is 838. The normalized spacial score (nSPS) is 12.5. The van der Waals surface area contributed by atoms with Crippen LogP contribution in [-0.2, 0) is 16.0 Å². The maximum absolute atomic E-state index is 11.7. The molecule has 0 radical (unpaired) electrons. The van der Waals surface area contributed by atoms with E-state index in [9.17, 15) is 4.79 Å². The van der Waals surface area contributed by atoms with Gasteiger partial charge in [-0.25, -0.2) is 4.79 Å². The van der Waals surface area contributed by atoms with E-state index in [4.69, 9.17) is 39.4 Å². The fourth-order valence-electron chi connectivity index (χ4n) is 3.01. The molecule has 2 rings (SSSR count). The molecule has 0 aliphatic carbocycles. The number of carbonyl (C=O) groups excluding carboxylic acids is 1. The summed E-state index contributed by atoms with van der Waals surface area (Å²) in [5.41, 5.74) is 9.73. The average Bonchev–Trinajstić information content (AvgIpc) is 2.69. The van der Waals surface area contributed by atoms with Crippen LogP contribution in [0.4, 0.5) is 0 Å². The highest BCUT2D eigenvalue weighted by Gasteiger charge is 2.20. The third kappa shape index (κ3) is 5.77. The lowest BCUT2D eigenvalue weighted by atomic mass is 9.92. The van der Waals surface area contributed by atoms with Gasteiger partial charge in [-0.05, 0) is 61.7 Å². The Labute approximate surface area is 177 Å². The number of rotatable bonds is 9. The van der Waals surface area contributed by atoms with Gasteiger partial charge in [0.25, 0.3) is 0 Å². The van der Waals surface area contributed by atoms with Gasteiger partial charge in [-0.2, -0.15) is 12.6 Å². The lowest BCUT2D eigenvalue weighted by Crippen LogP contribution is -2.15. The second-order valence-electron chi connectivity index (χ2n) is 6.12. The number of carbonyl (C=O) groups is 1. The van der Waals surface area contributed by atoms with E-state index in [0.29, 0.717) is 23.9 Å². The standard InChI is InChI=1S/C22H26ClNO3S/c1-3-17(22(28)18-8-6-5-7-15(18)11-12-24)19-13-16(23)9-10-20(19)27-14-21(25)26-4-2/h3,5-10,13,22,28H,4,11-12,14,24H2,1-2H3. The van der Waals surface area contributed by atoms with Crippen molar-refractivity contribution in [3.8, 4) is 5.75 Å². The summed E-state index contributed by atoms with van der Waals surface area (Å²) in [6.07, 6.45) is 2.76. The van der Waals surface area contributed by atoms with Crippen LogP contribution in [0.25, 0.3) is 5.57 Å². The average molecular weight is 420 g/mol. The molecule has 1 unspecified atom stereocenters. The highest BCUT2D eigenvalue weighted by Crippen LogP contribution is 2.41. The van der Waals surface area contributed by atoms with Gasteiger partial charge in [0.15, 0.2) is 6.61 Å². The van der Waals surface area contributed by atoms with Crippen LogP contribution in [0, 0.1) is 0 Å². The van der Waals surface area contributed by atoms with Crippen LogP contribution < -0.4 is 10.5 Å². The van der Waals surface area contributed by atoms with Crippen molar-refractivity contribution in [2.24, 2.45) is 5.73 Å². The number of hydrogen-bond acceptors (Lipinski definition) is 5. The first-order valence-electron chi connectivity index (χ1n) is 9.22. The van der Waals surface area contributed by atoms with Gasteiger partial charge >= 0.3 is 5.97 Å². The number of allylic oxidation sites excluding steroid dienone is 1. The number of ether oxygens (including phenoxy) is 2. The van der Waals surface area contributed by atoms with Crippen molar-refractivity contribution >= 4 is 35.8 Å². The summed E-state index contributed by atoms with van der Waals surface area (Å²) in [5.74, 6) is 0.141. The van der Waals surface area contributed by atoms with Gasteiger partial charge in [-0.1, -0.05) is 41.9 Å². The van der Waals surface area contributed by atoms with Gasteiger partial charge in [0.1, 0.15) is 5.75 Å². The Hall–Kier alpha value is -1.95. The predicted octanol–water partition coefficient (Wildman–Crippen LogP) is 4.86. The lowest BCUT2D eigenvalue weighted by Gasteiger charge is -2.21. The molecule has 4 nitrogen and oxygen atoms in total. The number of hydrogen-bond donors (Lipinski definition) is 2. The van der Waals surface area contributed by atoms with E-state index in [1.54, 1.807) is 19.1 Å². The molecule has 28 heavy (non-hydrogen) atoms. The van der Waals surface area contributed by atoms with Crippen molar-refractivity contribution in [3.05, 3.63) is 70.3 Å². The highest BCUT2D eigenvalue weighted by atomic mass is 35.5. The molecule has 2 N–H and O–H groups in total. The summed E-state index contributed by atoms with van der Waals surface area (Å²) in [4.78, 5) is 11.7. The summed E-state index contributed by atoms with van der Waals surface area (Å²) in [5, 5.41) is 0.379. The van der Waals surface area contributed by atoms with Crippen LogP contribution in [-0.4, -0.2) is 25.7 Å². The molecule has 0 bridgehead atoms. The minimum Gasteiger partial charge on any atom is -0.481 e. The Balaban J connectivity index is 2.38. The highest BCUT2D eigenvalue weighted by molar-refractivity contribution is 7.81. The molecule has 150 valence electrons. The first-order valence-corrected chi connectivity index (χ1v) is 10.1. The third-order valence-electron chi connectivity index (χ3n) is 4.27. The fraction of sp³-hybridized carbons (Fsp3) is 0.318. The van der Waals surface area contributed by atoms with Crippen molar-refractivity contribution in [2.75, 3.05) is 19.8 Å². The summed E-state index contributed by atoms with van der Waals surface area (Å²) in [6, 6.07) is 13.4. The maximum atomic E-state index is 11.7. The fourth-order valence-corrected chi connectivity index (χ4v) is 3.72. The van der Waals surface area contributed by atoms with Crippen molar-refractivity contribution in [3.63, 3.8) is 0 Å². The number of esters is 1. The van der Waals surface area contributed by atoms with E-state index in [1.807, 2.05) is 31.2 Å². The summed E-state index contributed by atoms with van der Waals surface area (Å²) in [7, 11) is 0. The molecule has 0 heterocycles. The quantitative estimate of drug-likeness (QED) is 0.450. The summed E-state index contributed by atoms with van der Waals surface area (Å²) in [6.45, 7) is 4.41. The predicted molar refractivity (Wildman–Crippen MR) is 118 cm³/mol. The van der Waals surface area contributed by atoms with Crippen molar-refractivity contribution < 1.29 is 14.3 Å². The van der Waals surface area contributed by atoms with Crippen molar-refractivity contribution in [2.45, 2.75) is 25.5 Å². The van der Waals surface area contributed by atoms with Crippen molar-refractivity contribution in [1.29, 1.82) is 0 Å². The molecule has 0 aliphatic rings. The molecule has 2 aromatic carbocycles. The first-order chi connectivity index (χ1) is 13.5. The molecule has 1 atom stereocenters. The molecule has 0 saturated carbocycles. The van der Waals surface area contributed by atoms with Crippen LogP contribution in [0.3, 0.4) is 0 Å². The number of nitrogens with two attached hydrogens (primary N) is 1.